The standard InChI is InChI=1S/C17H28N2O2Si2/c1-12(2)13-9-10-15-14(11-13)16(18-21-23(6,7)8)17(20)19(15)22(3,4)5/h9-12H,1-8H3/b18-16-. The summed E-state index contributed by atoms with van der Waals surface area (Å²) in [6.45, 7) is 17.0. The Kier molecular flexibility index (Phi) is 4.61. The number of hydrogen-bond acceptors (Lipinski definition) is 3. The lowest BCUT2D eigenvalue weighted by atomic mass is 9.99. The number of nitrogens with zero attached hydrogens (tertiary/aromatic N) is 2. The highest BCUT2D eigenvalue weighted by Gasteiger charge is 2.41. The predicted octanol–water partition coefficient (Wildman–Crippen LogP) is 4.55. The van der Waals surface area contributed by atoms with Crippen LogP contribution in [0.2, 0.25) is 39.3 Å². The number of hydrogen-bond donors (Lipinski definition) is 0. The maximum atomic E-state index is 13.0. The van der Waals surface area contributed by atoms with Crippen molar-refractivity contribution in [1.82, 2.24) is 0 Å². The highest BCUT2D eigenvalue weighted by Crippen LogP contribution is 2.35. The zero-order valence-electron chi connectivity index (χ0n) is 15.5. The average Bonchev–Trinajstić information content (AvgIpc) is 2.65. The van der Waals surface area contributed by atoms with E-state index in [9.17, 15) is 4.79 Å². The maximum absolute atomic E-state index is 13.0. The highest BCUT2D eigenvalue weighted by molar-refractivity contribution is 6.87. The Balaban J connectivity index is 2.59. The minimum Gasteiger partial charge on any atom is -0.455 e. The molecule has 0 spiro atoms. The van der Waals surface area contributed by atoms with Gasteiger partial charge in [-0.05, 0) is 43.3 Å². The fraction of sp³-hybridized carbons (Fsp3) is 0.529. The third-order valence-electron chi connectivity index (χ3n) is 3.67. The topological polar surface area (TPSA) is 41.9 Å². The predicted molar refractivity (Wildman–Crippen MR) is 102 cm³/mol. The Bertz CT molecular complexity index is 656. The van der Waals surface area contributed by atoms with E-state index in [2.05, 4.69) is 76.5 Å². The number of rotatable bonds is 4. The van der Waals surface area contributed by atoms with Gasteiger partial charge in [0.15, 0.2) is 13.9 Å². The Labute approximate surface area is 141 Å². The molecule has 0 saturated carbocycles. The van der Waals surface area contributed by atoms with Gasteiger partial charge in [-0.3, -0.25) is 4.79 Å². The van der Waals surface area contributed by atoms with E-state index in [0.29, 0.717) is 11.6 Å². The Hall–Kier alpha value is -1.41. The molecule has 1 aromatic carbocycles. The molecule has 0 radical (unpaired) electrons. The van der Waals surface area contributed by atoms with E-state index in [1.54, 1.807) is 0 Å². The van der Waals surface area contributed by atoms with Crippen LogP contribution in [-0.2, 0) is 9.32 Å². The average molecular weight is 349 g/mol. The van der Waals surface area contributed by atoms with Crippen LogP contribution in [0.15, 0.2) is 23.4 Å². The van der Waals surface area contributed by atoms with Crippen LogP contribution in [-0.4, -0.2) is 28.2 Å². The number of carbonyl (C=O) groups excluding carboxylic acids is 1. The van der Waals surface area contributed by atoms with Crippen molar-refractivity contribution >= 4 is 33.9 Å². The summed E-state index contributed by atoms with van der Waals surface area (Å²) in [5, 5.41) is 4.29. The molecule has 1 aliphatic rings. The van der Waals surface area contributed by atoms with Crippen LogP contribution in [0.1, 0.15) is 30.9 Å². The van der Waals surface area contributed by atoms with E-state index in [1.165, 1.54) is 5.56 Å². The molecule has 0 aliphatic carbocycles. The molecule has 6 heteroatoms. The fourth-order valence-corrected chi connectivity index (χ4v) is 4.56. The molecule has 0 bridgehead atoms. The number of fused-ring (bicyclic) bond motifs is 1. The Morgan fingerprint density at radius 2 is 1.70 bits per heavy atom. The van der Waals surface area contributed by atoms with Crippen molar-refractivity contribution in [2.75, 3.05) is 4.57 Å². The summed E-state index contributed by atoms with van der Waals surface area (Å²) >= 11 is 0. The van der Waals surface area contributed by atoms with E-state index in [4.69, 9.17) is 4.53 Å². The number of amides is 1. The van der Waals surface area contributed by atoms with Gasteiger partial charge >= 0.3 is 0 Å². The van der Waals surface area contributed by atoms with E-state index in [-0.39, 0.29) is 5.91 Å². The number of anilines is 1. The monoisotopic (exact) mass is 348 g/mol. The first kappa shape index (κ1) is 17.9. The molecule has 0 atom stereocenters. The van der Waals surface area contributed by atoms with Crippen LogP contribution < -0.4 is 4.57 Å². The quantitative estimate of drug-likeness (QED) is 0.592. The molecule has 0 aromatic heterocycles. The minimum atomic E-state index is -1.84. The second kappa shape index (κ2) is 5.90. The van der Waals surface area contributed by atoms with Crippen LogP contribution in [0.3, 0.4) is 0 Å². The van der Waals surface area contributed by atoms with Crippen molar-refractivity contribution in [2.24, 2.45) is 5.16 Å². The summed E-state index contributed by atoms with van der Waals surface area (Å²) in [7, 11) is -3.67. The lowest BCUT2D eigenvalue weighted by Crippen LogP contribution is -2.49. The van der Waals surface area contributed by atoms with Gasteiger partial charge < -0.3 is 9.09 Å². The van der Waals surface area contributed by atoms with Crippen LogP contribution in [0.4, 0.5) is 5.69 Å². The van der Waals surface area contributed by atoms with Crippen LogP contribution >= 0.6 is 0 Å². The number of oxime groups is 1. The van der Waals surface area contributed by atoms with Gasteiger partial charge in [-0.15, -0.1) is 0 Å². The second-order valence-electron chi connectivity index (χ2n) is 8.39. The number of benzene rings is 1. The van der Waals surface area contributed by atoms with Gasteiger partial charge in [-0.25, -0.2) is 0 Å². The molecular formula is C17H28N2O2Si2. The summed E-state index contributed by atoms with van der Waals surface area (Å²) in [5.41, 5.74) is 3.58. The summed E-state index contributed by atoms with van der Waals surface area (Å²) in [6, 6.07) is 6.29. The lowest BCUT2D eigenvalue weighted by Gasteiger charge is -2.30. The molecule has 126 valence electrons. The van der Waals surface area contributed by atoms with Crippen molar-refractivity contribution in [1.29, 1.82) is 0 Å². The summed E-state index contributed by atoms with van der Waals surface area (Å²) in [5.74, 6) is 0.397. The largest absolute Gasteiger partial charge is 0.455 e. The Morgan fingerprint density at radius 3 is 2.17 bits per heavy atom. The third-order valence-corrected chi connectivity index (χ3v) is 6.10. The molecule has 2 rings (SSSR count). The minimum absolute atomic E-state index is 0.0154. The van der Waals surface area contributed by atoms with Gasteiger partial charge in [0.2, 0.25) is 0 Å². The third kappa shape index (κ3) is 3.75. The molecule has 23 heavy (non-hydrogen) atoms. The second-order valence-corrected chi connectivity index (χ2v) is 17.6. The van der Waals surface area contributed by atoms with Gasteiger partial charge in [-0.2, -0.15) is 0 Å². The zero-order chi connectivity index (χ0) is 17.6. The first-order valence-corrected chi connectivity index (χ1v) is 15.0. The normalized spacial score (nSPS) is 17.2. The van der Waals surface area contributed by atoms with Crippen LogP contribution in [0.5, 0.6) is 0 Å². The molecule has 1 aliphatic heterocycles. The summed E-state index contributed by atoms with van der Waals surface area (Å²) in [4.78, 5) is 13.0. The maximum Gasteiger partial charge on any atom is 0.278 e. The van der Waals surface area contributed by atoms with E-state index < -0.39 is 16.6 Å². The van der Waals surface area contributed by atoms with E-state index >= 15 is 0 Å². The van der Waals surface area contributed by atoms with Crippen molar-refractivity contribution in [3.63, 3.8) is 0 Å². The first-order chi connectivity index (χ1) is 10.4. The van der Waals surface area contributed by atoms with E-state index in [1.807, 2.05) is 4.57 Å². The summed E-state index contributed by atoms with van der Waals surface area (Å²) in [6.07, 6.45) is 0. The van der Waals surface area contributed by atoms with Crippen molar-refractivity contribution in [3.8, 4) is 0 Å². The first-order valence-electron chi connectivity index (χ1n) is 8.17. The van der Waals surface area contributed by atoms with Gasteiger partial charge in [0.05, 0.1) is 0 Å². The molecule has 1 heterocycles. The SMILES string of the molecule is CC(C)c1ccc2c(c1)/C(=N/O[Si](C)(C)C)C(=O)N2[Si](C)(C)C. The molecule has 0 saturated heterocycles. The molecule has 1 aromatic rings. The fourth-order valence-electron chi connectivity index (χ4n) is 2.56. The molecular weight excluding hydrogens is 320 g/mol. The molecule has 0 N–H and O–H groups in total. The highest BCUT2D eigenvalue weighted by atomic mass is 28.4. The van der Waals surface area contributed by atoms with Crippen LogP contribution in [0, 0.1) is 0 Å². The zero-order valence-corrected chi connectivity index (χ0v) is 17.5. The van der Waals surface area contributed by atoms with Crippen molar-refractivity contribution in [2.45, 2.75) is 59.0 Å². The molecule has 4 nitrogen and oxygen atoms in total. The molecule has 1 amide bonds. The van der Waals surface area contributed by atoms with Gasteiger partial charge in [-0.1, -0.05) is 44.7 Å². The van der Waals surface area contributed by atoms with Crippen molar-refractivity contribution < 1.29 is 9.32 Å². The van der Waals surface area contributed by atoms with Crippen molar-refractivity contribution in [3.05, 3.63) is 29.3 Å². The molecule has 0 unspecified atom stereocenters. The van der Waals surface area contributed by atoms with Gasteiger partial charge in [0, 0.05) is 11.3 Å². The van der Waals surface area contributed by atoms with E-state index in [0.717, 1.165) is 11.3 Å². The van der Waals surface area contributed by atoms with Gasteiger partial charge in [0.25, 0.3) is 14.2 Å². The number of carbonyl (C=O) groups is 1. The smallest absolute Gasteiger partial charge is 0.278 e. The van der Waals surface area contributed by atoms with Crippen LogP contribution in [0.25, 0.3) is 0 Å². The lowest BCUT2D eigenvalue weighted by molar-refractivity contribution is -0.111. The Morgan fingerprint density at radius 1 is 1.09 bits per heavy atom. The molecule has 0 fully saturated rings. The van der Waals surface area contributed by atoms with Gasteiger partial charge in [0.1, 0.15) is 0 Å². The summed E-state index contributed by atoms with van der Waals surface area (Å²) < 4.78 is 7.65.